The Hall–Kier alpha value is -3.56. The number of aldehydes is 1. The fraction of sp³-hybridized carbons (Fsp3) is 0.407. The molecule has 0 unspecified atom stereocenters. The van der Waals surface area contributed by atoms with Crippen molar-refractivity contribution in [1.82, 2.24) is 15.1 Å². The number of ether oxygens (including phenoxy) is 3. The number of piperidine rings is 1. The van der Waals surface area contributed by atoms with Crippen LogP contribution in [0.3, 0.4) is 0 Å². The third-order valence-electron chi connectivity index (χ3n) is 6.15. The van der Waals surface area contributed by atoms with Crippen molar-refractivity contribution < 1.29 is 23.8 Å². The molecule has 1 fully saturated rings. The number of nitrogens with zero attached hydrogens (tertiary/aromatic N) is 3. The van der Waals surface area contributed by atoms with Crippen LogP contribution in [0.5, 0.6) is 5.75 Å². The number of anilines is 1. The maximum absolute atomic E-state index is 11.3. The minimum absolute atomic E-state index is 0.0758. The highest BCUT2D eigenvalue weighted by atomic mass is 16.7. The highest BCUT2D eigenvalue weighted by Gasteiger charge is 2.22. The molecule has 4 rings (SSSR count). The normalized spacial score (nSPS) is 16.0. The van der Waals surface area contributed by atoms with Crippen molar-refractivity contribution in [2.75, 3.05) is 45.0 Å². The lowest BCUT2D eigenvalue weighted by molar-refractivity contribution is -0.141. The Morgan fingerprint density at radius 2 is 2.03 bits per heavy atom. The lowest BCUT2D eigenvalue weighted by atomic mass is 10.0. The van der Waals surface area contributed by atoms with E-state index in [0.717, 1.165) is 54.4 Å². The largest absolute Gasteiger partial charge is 0.467 e. The van der Waals surface area contributed by atoms with Crippen molar-refractivity contribution >= 4 is 28.8 Å². The smallest absolute Gasteiger partial charge is 0.302 e. The molecule has 0 saturated carbocycles. The first-order valence-corrected chi connectivity index (χ1v) is 12.3. The SMILES string of the molecule is CCOCOc1cc(C=O)ccc1-c1nnc(N[C@@H]2CCCN(CCOC(C)=O)C2)c2ccccc12. The summed E-state index contributed by atoms with van der Waals surface area (Å²) in [7, 11) is 0. The van der Waals surface area contributed by atoms with E-state index in [9.17, 15) is 9.59 Å². The molecule has 0 radical (unpaired) electrons. The van der Waals surface area contributed by atoms with Crippen LogP contribution in [-0.2, 0) is 14.3 Å². The molecule has 0 spiro atoms. The van der Waals surface area contributed by atoms with Gasteiger partial charge in [-0.15, -0.1) is 10.2 Å². The maximum atomic E-state index is 11.3. The quantitative estimate of drug-likeness (QED) is 0.185. The van der Waals surface area contributed by atoms with E-state index >= 15 is 0 Å². The van der Waals surface area contributed by atoms with Crippen LogP contribution in [0, 0.1) is 0 Å². The minimum atomic E-state index is -0.254. The van der Waals surface area contributed by atoms with Gasteiger partial charge in [0.15, 0.2) is 12.6 Å². The van der Waals surface area contributed by atoms with Crippen molar-refractivity contribution in [3.8, 4) is 17.0 Å². The molecule has 2 heterocycles. The number of carbonyl (C=O) groups excluding carboxylic acids is 2. The van der Waals surface area contributed by atoms with Gasteiger partial charge in [0.2, 0.25) is 0 Å². The molecule has 1 N–H and O–H groups in total. The number of esters is 1. The molecule has 3 aromatic rings. The first-order chi connectivity index (χ1) is 17.6. The van der Waals surface area contributed by atoms with Crippen LogP contribution in [-0.4, -0.2) is 73.0 Å². The highest BCUT2D eigenvalue weighted by molar-refractivity contribution is 6.01. The van der Waals surface area contributed by atoms with Crippen molar-refractivity contribution in [2.45, 2.75) is 32.7 Å². The average Bonchev–Trinajstić information content (AvgIpc) is 2.89. The Bertz CT molecular complexity index is 1200. The Morgan fingerprint density at radius 1 is 1.19 bits per heavy atom. The van der Waals surface area contributed by atoms with E-state index < -0.39 is 0 Å². The van der Waals surface area contributed by atoms with Crippen LogP contribution in [0.1, 0.15) is 37.0 Å². The van der Waals surface area contributed by atoms with Gasteiger partial charge in [0.25, 0.3) is 0 Å². The summed E-state index contributed by atoms with van der Waals surface area (Å²) in [6, 6.07) is 13.5. The van der Waals surface area contributed by atoms with Gasteiger partial charge in [0, 0.05) is 54.6 Å². The van der Waals surface area contributed by atoms with Crippen LogP contribution in [0.15, 0.2) is 42.5 Å². The molecular formula is C27H32N4O5. The Balaban J connectivity index is 1.59. The summed E-state index contributed by atoms with van der Waals surface area (Å²) in [5.74, 6) is 0.988. The molecule has 1 saturated heterocycles. The molecular weight excluding hydrogens is 460 g/mol. The summed E-state index contributed by atoms with van der Waals surface area (Å²) < 4.78 is 16.3. The number of carbonyl (C=O) groups is 2. The molecule has 1 aromatic heterocycles. The standard InChI is InChI=1S/C27H32N4O5/c1-3-34-18-36-25-15-20(17-32)10-11-24(25)26-22-8-4-5-9-23(22)27(30-29-26)28-21-7-6-12-31(16-21)13-14-35-19(2)33/h4-5,8-11,15,17,21H,3,6-7,12-14,16,18H2,1-2H3,(H,28,30)/t21-/m1/s1. The monoisotopic (exact) mass is 492 g/mol. The summed E-state index contributed by atoms with van der Waals surface area (Å²) in [6.45, 7) is 6.84. The van der Waals surface area contributed by atoms with E-state index in [1.54, 1.807) is 12.1 Å². The molecule has 0 aliphatic carbocycles. The van der Waals surface area contributed by atoms with E-state index in [-0.39, 0.29) is 18.8 Å². The van der Waals surface area contributed by atoms with Crippen LogP contribution in [0.2, 0.25) is 0 Å². The molecule has 0 bridgehead atoms. The first kappa shape index (κ1) is 25.5. The van der Waals surface area contributed by atoms with Gasteiger partial charge in [0.1, 0.15) is 24.3 Å². The van der Waals surface area contributed by atoms with Gasteiger partial charge in [-0.1, -0.05) is 30.3 Å². The number of hydrogen-bond donors (Lipinski definition) is 1. The molecule has 1 atom stereocenters. The molecule has 9 heteroatoms. The molecule has 1 aliphatic rings. The van der Waals surface area contributed by atoms with Crippen LogP contribution in [0.4, 0.5) is 5.82 Å². The molecule has 9 nitrogen and oxygen atoms in total. The topological polar surface area (TPSA) is 103 Å². The van der Waals surface area contributed by atoms with Crippen LogP contribution < -0.4 is 10.1 Å². The number of aromatic nitrogens is 2. The summed E-state index contributed by atoms with van der Waals surface area (Å²) in [5, 5.41) is 14.6. The van der Waals surface area contributed by atoms with Gasteiger partial charge < -0.3 is 19.5 Å². The third kappa shape index (κ3) is 6.35. The van der Waals surface area contributed by atoms with Crippen LogP contribution >= 0.6 is 0 Å². The second-order valence-corrected chi connectivity index (χ2v) is 8.70. The predicted octanol–water partition coefficient (Wildman–Crippen LogP) is 3.92. The third-order valence-corrected chi connectivity index (χ3v) is 6.15. The second-order valence-electron chi connectivity index (χ2n) is 8.70. The van der Waals surface area contributed by atoms with Gasteiger partial charge >= 0.3 is 5.97 Å². The zero-order chi connectivity index (χ0) is 25.3. The average molecular weight is 493 g/mol. The number of benzene rings is 2. The summed E-state index contributed by atoms with van der Waals surface area (Å²) in [6.07, 6.45) is 2.85. The Kier molecular flexibility index (Phi) is 8.80. The fourth-order valence-corrected chi connectivity index (χ4v) is 4.41. The van der Waals surface area contributed by atoms with E-state index in [0.29, 0.717) is 36.8 Å². The summed E-state index contributed by atoms with van der Waals surface area (Å²) in [5.41, 5.74) is 1.92. The second kappa shape index (κ2) is 12.4. The predicted molar refractivity (Wildman–Crippen MR) is 137 cm³/mol. The maximum Gasteiger partial charge on any atom is 0.302 e. The zero-order valence-corrected chi connectivity index (χ0v) is 20.7. The minimum Gasteiger partial charge on any atom is -0.467 e. The number of rotatable bonds is 11. The molecule has 2 aromatic carbocycles. The van der Waals surface area contributed by atoms with Gasteiger partial charge in [-0.3, -0.25) is 14.5 Å². The van der Waals surface area contributed by atoms with Gasteiger partial charge in [-0.25, -0.2) is 0 Å². The van der Waals surface area contributed by atoms with Gasteiger partial charge in [-0.2, -0.15) is 0 Å². The molecule has 1 aliphatic heterocycles. The number of fused-ring (bicyclic) bond motifs is 1. The highest BCUT2D eigenvalue weighted by Crippen LogP contribution is 2.36. The number of hydrogen-bond acceptors (Lipinski definition) is 9. The lowest BCUT2D eigenvalue weighted by Gasteiger charge is -2.33. The summed E-state index contributed by atoms with van der Waals surface area (Å²) >= 11 is 0. The Morgan fingerprint density at radius 3 is 2.81 bits per heavy atom. The molecule has 0 amide bonds. The summed E-state index contributed by atoms with van der Waals surface area (Å²) in [4.78, 5) is 24.7. The van der Waals surface area contributed by atoms with Gasteiger partial charge in [-0.05, 0) is 38.4 Å². The van der Waals surface area contributed by atoms with Gasteiger partial charge in [0.05, 0.1) is 0 Å². The van der Waals surface area contributed by atoms with E-state index in [1.165, 1.54) is 6.92 Å². The lowest BCUT2D eigenvalue weighted by Crippen LogP contribution is -2.43. The van der Waals surface area contributed by atoms with Crippen molar-refractivity contribution in [3.63, 3.8) is 0 Å². The number of likely N-dealkylation sites (tertiary alicyclic amines) is 1. The fourth-order valence-electron chi connectivity index (χ4n) is 4.41. The molecule has 190 valence electrons. The van der Waals surface area contributed by atoms with Crippen LogP contribution in [0.25, 0.3) is 22.0 Å². The van der Waals surface area contributed by atoms with Crippen molar-refractivity contribution in [1.29, 1.82) is 0 Å². The molecule has 36 heavy (non-hydrogen) atoms. The van der Waals surface area contributed by atoms with E-state index in [1.807, 2.05) is 37.3 Å². The van der Waals surface area contributed by atoms with Crippen molar-refractivity contribution in [3.05, 3.63) is 48.0 Å². The first-order valence-electron chi connectivity index (χ1n) is 12.3. The van der Waals surface area contributed by atoms with Crippen molar-refractivity contribution in [2.24, 2.45) is 0 Å². The Labute approximate surface area is 210 Å². The van der Waals surface area contributed by atoms with E-state index in [2.05, 4.69) is 20.4 Å². The number of nitrogens with one attached hydrogen (secondary N) is 1. The van der Waals surface area contributed by atoms with E-state index in [4.69, 9.17) is 14.2 Å². The zero-order valence-electron chi connectivity index (χ0n) is 20.7.